The predicted octanol–water partition coefficient (Wildman–Crippen LogP) is 2.31. The summed E-state index contributed by atoms with van der Waals surface area (Å²) in [6, 6.07) is 2.09. The van der Waals surface area contributed by atoms with Gasteiger partial charge in [0.05, 0.1) is 13.8 Å². The standard InChI is InChI=1S/C13H21NO2/c1-9-6-13(16-5)11(3)10(2)12(9)7-14-8-15-4/h6,14H,7-8H2,1-5H3. The van der Waals surface area contributed by atoms with E-state index in [4.69, 9.17) is 9.47 Å². The van der Waals surface area contributed by atoms with Crippen molar-refractivity contribution in [2.45, 2.75) is 27.3 Å². The summed E-state index contributed by atoms with van der Waals surface area (Å²) in [5, 5.41) is 3.23. The highest BCUT2D eigenvalue weighted by Crippen LogP contribution is 2.27. The molecule has 1 rings (SSSR count). The van der Waals surface area contributed by atoms with Crippen LogP contribution < -0.4 is 10.1 Å². The molecule has 0 fully saturated rings. The van der Waals surface area contributed by atoms with Crippen LogP contribution in [0.4, 0.5) is 0 Å². The van der Waals surface area contributed by atoms with Crippen molar-refractivity contribution in [2.75, 3.05) is 21.0 Å². The maximum absolute atomic E-state index is 5.34. The highest BCUT2D eigenvalue weighted by molar-refractivity contribution is 5.47. The van der Waals surface area contributed by atoms with Crippen molar-refractivity contribution in [3.8, 4) is 5.75 Å². The maximum atomic E-state index is 5.34. The molecule has 0 amide bonds. The molecule has 0 saturated heterocycles. The smallest absolute Gasteiger partial charge is 0.122 e. The first-order valence-corrected chi connectivity index (χ1v) is 5.45. The highest BCUT2D eigenvalue weighted by Gasteiger charge is 2.09. The van der Waals surface area contributed by atoms with Gasteiger partial charge in [0, 0.05) is 13.7 Å². The first-order valence-electron chi connectivity index (χ1n) is 5.45. The van der Waals surface area contributed by atoms with Gasteiger partial charge < -0.3 is 9.47 Å². The molecule has 16 heavy (non-hydrogen) atoms. The Labute approximate surface area is 97.8 Å². The summed E-state index contributed by atoms with van der Waals surface area (Å²) in [7, 11) is 3.40. The van der Waals surface area contributed by atoms with Crippen LogP contribution in [0.5, 0.6) is 5.75 Å². The van der Waals surface area contributed by atoms with Crippen LogP contribution in [-0.4, -0.2) is 21.0 Å². The number of aryl methyl sites for hydroxylation is 1. The molecular weight excluding hydrogens is 202 g/mol. The lowest BCUT2D eigenvalue weighted by molar-refractivity contribution is 0.174. The topological polar surface area (TPSA) is 30.5 Å². The average Bonchev–Trinajstić information content (AvgIpc) is 2.28. The summed E-state index contributed by atoms with van der Waals surface area (Å²) >= 11 is 0. The number of hydrogen-bond donors (Lipinski definition) is 1. The number of nitrogens with one attached hydrogen (secondary N) is 1. The normalized spacial score (nSPS) is 10.6. The van der Waals surface area contributed by atoms with E-state index in [2.05, 4.69) is 32.2 Å². The molecule has 0 bridgehead atoms. The molecule has 0 unspecified atom stereocenters. The molecule has 3 nitrogen and oxygen atoms in total. The summed E-state index contributed by atoms with van der Waals surface area (Å²) in [5.41, 5.74) is 5.08. The lowest BCUT2D eigenvalue weighted by Crippen LogP contribution is -2.17. The third-order valence-electron chi connectivity index (χ3n) is 2.98. The van der Waals surface area contributed by atoms with Gasteiger partial charge in [0.1, 0.15) is 5.75 Å². The summed E-state index contributed by atoms with van der Waals surface area (Å²) in [6.45, 7) is 7.74. The van der Waals surface area contributed by atoms with Crippen molar-refractivity contribution in [1.29, 1.82) is 0 Å². The molecule has 1 aromatic rings. The molecule has 3 heteroatoms. The van der Waals surface area contributed by atoms with Crippen molar-refractivity contribution in [3.05, 3.63) is 28.3 Å². The second kappa shape index (κ2) is 5.87. The number of hydrogen-bond acceptors (Lipinski definition) is 3. The van der Waals surface area contributed by atoms with Crippen LogP contribution in [0.15, 0.2) is 6.07 Å². The quantitative estimate of drug-likeness (QED) is 0.614. The van der Waals surface area contributed by atoms with Gasteiger partial charge >= 0.3 is 0 Å². The van der Waals surface area contributed by atoms with E-state index in [0.29, 0.717) is 6.73 Å². The second-order valence-electron chi connectivity index (χ2n) is 3.98. The fourth-order valence-electron chi connectivity index (χ4n) is 1.86. The largest absolute Gasteiger partial charge is 0.496 e. The van der Waals surface area contributed by atoms with Crippen molar-refractivity contribution < 1.29 is 9.47 Å². The van der Waals surface area contributed by atoms with E-state index >= 15 is 0 Å². The number of rotatable bonds is 5. The van der Waals surface area contributed by atoms with E-state index < -0.39 is 0 Å². The van der Waals surface area contributed by atoms with E-state index in [-0.39, 0.29) is 0 Å². The molecule has 0 aromatic heterocycles. The third kappa shape index (κ3) is 2.74. The fraction of sp³-hybridized carbons (Fsp3) is 0.538. The van der Waals surface area contributed by atoms with E-state index in [0.717, 1.165) is 12.3 Å². The zero-order valence-corrected chi connectivity index (χ0v) is 10.8. The average molecular weight is 223 g/mol. The SMILES string of the molecule is COCNCc1c(C)cc(OC)c(C)c1C. The molecule has 1 aromatic carbocycles. The van der Waals surface area contributed by atoms with Crippen LogP contribution in [0.3, 0.4) is 0 Å². The zero-order valence-electron chi connectivity index (χ0n) is 10.8. The summed E-state index contributed by atoms with van der Waals surface area (Å²) < 4.78 is 10.3. The first-order chi connectivity index (χ1) is 7.61. The monoisotopic (exact) mass is 223 g/mol. The molecule has 0 atom stereocenters. The number of methoxy groups -OCH3 is 2. The van der Waals surface area contributed by atoms with Gasteiger partial charge in [-0.15, -0.1) is 0 Å². The molecule has 0 saturated carbocycles. The van der Waals surface area contributed by atoms with Gasteiger partial charge in [-0.25, -0.2) is 0 Å². The zero-order chi connectivity index (χ0) is 12.1. The molecule has 0 heterocycles. The van der Waals surface area contributed by atoms with E-state index in [1.54, 1.807) is 14.2 Å². The van der Waals surface area contributed by atoms with Crippen LogP contribution in [0.2, 0.25) is 0 Å². The molecule has 0 aliphatic carbocycles. The van der Waals surface area contributed by atoms with Gasteiger partial charge in [-0.2, -0.15) is 0 Å². The van der Waals surface area contributed by atoms with Crippen molar-refractivity contribution in [1.82, 2.24) is 5.32 Å². The third-order valence-corrected chi connectivity index (χ3v) is 2.98. The Balaban J connectivity index is 2.96. The minimum Gasteiger partial charge on any atom is -0.496 e. The van der Waals surface area contributed by atoms with Gasteiger partial charge in [-0.3, -0.25) is 5.32 Å². The first kappa shape index (κ1) is 13.0. The predicted molar refractivity (Wildman–Crippen MR) is 65.9 cm³/mol. The summed E-state index contributed by atoms with van der Waals surface area (Å²) in [5.74, 6) is 0.963. The Hall–Kier alpha value is -1.06. The summed E-state index contributed by atoms with van der Waals surface area (Å²) in [4.78, 5) is 0. The molecule has 0 aliphatic heterocycles. The molecular formula is C13H21NO2. The van der Waals surface area contributed by atoms with Crippen LogP contribution in [0.1, 0.15) is 22.3 Å². The van der Waals surface area contributed by atoms with Gasteiger partial charge in [0.25, 0.3) is 0 Å². The number of benzene rings is 1. The van der Waals surface area contributed by atoms with E-state index in [1.807, 2.05) is 0 Å². The number of ether oxygens (including phenoxy) is 2. The Morgan fingerprint density at radius 1 is 1.12 bits per heavy atom. The van der Waals surface area contributed by atoms with Crippen molar-refractivity contribution >= 4 is 0 Å². The summed E-state index contributed by atoms with van der Waals surface area (Å²) in [6.07, 6.45) is 0. The maximum Gasteiger partial charge on any atom is 0.122 e. The molecule has 0 radical (unpaired) electrons. The second-order valence-corrected chi connectivity index (χ2v) is 3.98. The molecule has 0 spiro atoms. The van der Waals surface area contributed by atoms with Gasteiger partial charge in [0.2, 0.25) is 0 Å². The Bertz CT molecular complexity index is 361. The van der Waals surface area contributed by atoms with Gasteiger partial charge in [-0.1, -0.05) is 0 Å². The van der Waals surface area contributed by atoms with Crippen LogP contribution in [0, 0.1) is 20.8 Å². The Kier molecular flexibility index (Phi) is 4.77. The minimum atomic E-state index is 0.573. The lowest BCUT2D eigenvalue weighted by atomic mass is 9.97. The lowest BCUT2D eigenvalue weighted by Gasteiger charge is -2.16. The molecule has 90 valence electrons. The molecule has 0 aliphatic rings. The van der Waals surface area contributed by atoms with Crippen LogP contribution in [-0.2, 0) is 11.3 Å². The van der Waals surface area contributed by atoms with Crippen molar-refractivity contribution in [2.24, 2.45) is 0 Å². The van der Waals surface area contributed by atoms with E-state index in [1.165, 1.54) is 22.3 Å². The Morgan fingerprint density at radius 2 is 1.81 bits per heavy atom. The Morgan fingerprint density at radius 3 is 2.38 bits per heavy atom. The van der Waals surface area contributed by atoms with Gasteiger partial charge in [-0.05, 0) is 49.1 Å². The highest BCUT2D eigenvalue weighted by atomic mass is 16.5. The fourth-order valence-corrected chi connectivity index (χ4v) is 1.86. The van der Waals surface area contributed by atoms with Crippen LogP contribution >= 0.6 is 0 Å². The van der Waals surface area contributed by atoms with E-state index in [9.17, 15) is 0 Å². The van der Waals surface area contributed by atoms with Crippen molar-refractivity contribution in [3.63, 3.8) is 0 Å². The van der Waals surface area contributed by atoms with Crippen LogP contribution in [0.25, 0.3) is 0 Å². The van der Waals surface area contributed by atoms with Gasteiger partial charge in [0.15, 0.2) is 0 Å². The molecule has 1 N–H and O–H groups in total. The minimum absolute atomic E-state index is 0.573.